The Labute approximate surface area is 178 Å². The molecule has 1 atom stereocenters. The molecule has 3 aromatic rings. The summed E-state index contributed by atoms with van der Waals surface area (Å²) in [6.07, 6.45) is 0.910. The van der Waals surface area contributed by atoms with E-state index in [1.54, 1.807) is 25.3 Å². The van der Waals surface area contributed by atoms with Crippen molar-refractivity contribution in [1.82, 2.24) is 5.43 Å². The van der Waals surface area contributed by atoms with E-state index in [2.05, 4.69) is 26.5 Å². The number of hydrogen-bond donors (Lipinski definition) is 1. The average Bonchev–Trinajstić information content (AvgIpc) is 2.75. The molecule has 0 radical (unpaired) electrons. The van der Waals surface area contributed by atoms with E-state index in [9.17, 15) is 4.79 Å². The van der Waals surface area contributed by atoms with Crippen LogP contribution in [-0.4, -0.2) is 18.2 Å². The van der Waals surface area contributed by atoms with Gasteiger partial charge in [-0.05, 0) is 66.6 Å². The summed E-state index contributed by atoms with van der Waals surface area (Å²) in [6, 6.07) is 24.7. The van der Waals surface area contributed by atoms with Crippen molar-refractivity contribution in [2.45, 2.75) is 19.6 Å². The topological polar surface area (TPSA) is 59.9 Å². The fourth-order valence-electron chi connectivity index (χ4n) is 2.42. The van der Waals surface area contributed by atoms with E-state index in [1.165, 1.54) is 0 Å². The van der Waals surface area contributed by atoms with Gasteiger partial charge in [0.25, 0.3) is 5.91 Å². The highest BCUT2D eigenvalue weighted by Crippen LogP contribution is 2.17. The van der Waals surface area contributed by atoms with Gasteiger partial charge in [0, 0.05) is 4.47 Å². The molecule has 0 aliphatic heterocycles. The molecule has 0 heterocycles. The zero-order valence-electron chi connectivity index (χ0n) is 15.9. The number of hydrazone groups is 1. The molecule has 0 saturated heterocycles. The number of ether oxygens (including phenoxy) is 2. The number of halogens is 1. The van der Waals surface area contributed by atoms with Gasteiger partial charge in [0.1, 0.15) is 18.1 Å². The zero-order chi connectivity index (χ0) is 20.5. The second-order valence-corrected chi connectivity index (χ2v) is 7.21. The first-order chi connectivity index (χ1) is 14.1. The number of carbonyl (C=O) groups is 1. The van der Waals surface area contributed by atoms with Gasteiger partial charge in [-0.25, -0.2) is 5.43 Å². The van der Waals surface area contributed by atoms with E-state index >= 15 is 0 Å². The Balaban J connectivity index is 1.45. The van der Waals surface area contributed by atoms with Crippen LogP contribution in [0.3, 0.4) is 0 Å². The van der Waals surface area contributed by atoms with Crippen molar-refractivity contribution < 1.29 is 14.3 Å². The second kappa shape index (κ2) is 10.4. The lowest BCUT2D eigenvalue weighted by Crippen LogP contribution is -2.33. The van der Waals surface area contributed by atoms with E-state index in [0.717, 1.165) is 21.3 Å². The minimum absolute atomic E-state index is 0.327. The Morgan fingerprint density at radius 2 is 1.66 bits per heavy atom. The van der Waals surface area contributed by atoms with Gasteiger partial charge in [0.2, 0.25) is 0 Å². The van der Waals surface area contributed by atoms with E-state index in [0.29, 0.717) is 12.4 Å². The van der Waals surface area contributed by atoms with Crippen LogP contribution in [0.15, 0.2) is 88.4 Å². The number of hydrogen-bond acceptors (Lipinski definition) is 4. The van der Waals surface area contributed by atoms with Crippen LogP contribution in [0.25, 0.3) is 0 Å². The molecule has 1 amide bonds. The molecule has 0 bridgehead atoms. The Morgan fingerprint density at radius 1 is 1.00 bits per heavy atom. The molecule has 3 rings (SSSR count). The van der Waals surface area contributed by atoms with Crippen LogP contribution in [-0.2, 0) is 11.4 Å². The maximum atomic E-state index is 12.1. The summed E-state index contributed by atoms with van der Waals surface area (Å²) in [5.74, 6) is 1.06. The van der Waals surface area contributed by atoms with Crippen LogP contribution in [0.5, 0.6) is 11.5 Å². The number of nitrogens with one attached hydrogen (secondary N) is 1. The van der Waals surface area contributed by atoms with Gasteiger partial charge in [-0.15, -0.1) is 0 Å². The van der Waals surface area contributed by atoms with E-state index in [-0.39, 0.29) is 5.91 Å². The molecule has 148 valence electrons. The summed E-state index contributed by atoms with van der Waals surface area (Å²) >= 11 is 3.36. The highest BCUT2D eigenvalue weighted by Gasteiger charge is 2.13. The molecule has 0 aliphatic rings. The minimum atomic E-state index is -0.665. The first-order valence-corrected chi connectivity index (χ1v) is 9.91. The lowest BCUT2D eigenvalue weighted by molar-refractivity contribution is -0.127. The summed E-state index contributed by atoms with van der Waals surface area (Å²) in [6.45, 7) is 2.19. The van der Waals surface area contributed by atoms with Crippen molar-refractivity contribution in [1.29, 1.82) is 0 Å². The van der Waals surface area contributed by atoms with Crippen molar-refractivity contribution in [3.05, 3.63) is 94.5 Å². The first-order valence-electron chi connectivity index (χ1n) is 9.12. The summed E-state index contributed by atoms with van der Waals surface area (Å²) in [7, 11) is 0. The van der Waals surface area contributed by atoms with Gasteiger partial charge in [-0.1, -0.05) is 46.3 Å². The Hall–Kier alpha value is -3.12. The van der Waals surface area contributed by atoms with Crippen molar-refractivity contribution in [2.24, 2.45) is 5.10 Å². The number of amides is 1. The average molecular weight is 453 g/mol. The molecule has 1 N–H and O–H groups in total. The summed E-state index contributed by atoms with van der Waals surface area (Å²) in [4.78, 5) is 12.1. The minimum Gasteiger partial charge on any atom is -0.489 e. The number of nitrogens with zero attached hydrogens (tertiary/aromatic N) is 1. The van der Waals surface area contributed by atoms with E-state index in [4.69, 9.17) is 9.47 Å². The van der Waals surface area contributed by atoms with Crippen LogP contribution >= 0.6 is 15.9 Å². The summed E-state index contributed by atoms with van der Waals surface area (Å²) < 4.78 is 12.3. The molecule has 0 spiro atoms. The fraction of sp³-hybridized carbons (Fsp3) is 0.130. The molecule has 5 nitrogen and oxygen atoms in total. The van der Waals surface area contributed by atoms with Crippen molar-refractivity contribution >= 4 is 28.1 Å². The number of rotatable bonds is 8. The maximum absolute atomic E-state index is 12.1. The van der Waals surface area contributed by atoms with Crippen molar-refractivity contribution in [3.8, 4) is 11.5 Å². The van der Waals surface area contributed by atoms with Crippen LogP contribution in [0.1, 0.15) is 18.1 Å². The fourth-order valence-corrected chi connectivity index (χ4v) is 2.69. The second-order valence-electron chi connectivity index (χ2n) is 6.29. The largest absolute Gasteiger partial charge is 0.489 e. The molecule has 0 aromatic heterocycles. The third-order valence-electron chi connectivity index (χ3n) is 4.01. The molecule has 29 heavy (non-hydrogen) atoms. The monoisotopic (exact) mass is 452 g/mol. The molecular weight excluding hydrogens is 432 g/mol. The van der Waals surface area contributed by atoms with Crippen molar-refractivity contribution in [3.63, 3.8) is 0 Å². The van der Waals surface area contributed by atoms with Crippen LogP contribution in [0, 0.1) is 0 Å². The lowest BCUT2D eigenvalue weighted by atomic mass is 10.2. The predicted octanol–water partition coefficient (Wildman–Crippen LogP) is 4.95. The van der Waals surface area contributed by atoms with Gasteiger partial charge in [-0.3, -0.25) is 4.79 Å². The standard InChI is InChI=1S/C23H21BrN2O3/c1-17(29-22-13-9-20(24)10-14-22)23(27)26-25-15-18-7-11-21(12-8-18)28-16-19-5-3-2-4-6-19/h2-15,17H,16H2,1H3,(H,26,27)/b25-15+. The molecule has 0 fully saturated rings. The molecule has 1 unspecified atom stereocenters. The third kappa shape index (κ3) is 6.76. The highest BCUT2D eigenvalue weighted by atomic mass is 79.9. The first kappa shape index (κ1) is 20.6. The Bertz CT molecular complexity index is 942. The Morgan fingerprint density at radius 3 is 2.34 bits per heavy atom. The predicted molar refractivity (Wildman–Crippen MR) is 117 cm³/mol. The SMILES string of the molecule is CC(Oc1ccc(Br)cc1)C(=O)N/N=C/c1ccc(OCc2ccccc2)cc1. The number of benzene rings is 3. The molecule has 0 aliphatic carbocycles. The Kier molecular flexibility index (Phi) is 7.41. The molecule has 3 aromatic carbocycles. The normalized spacial score (nSPS) is 11.8. The summed E-state index contributed by atoms with van der Waals surface area (Å²) in [5.41, 5.74) is 4.45. The quantitative estimate of drug-likeness (QED) is 0.388. The van der Waals surface area contributed by atoms with Crippen LogP contribution in [0.2, 0.25) is 0 Å². The zero-order valence-corrected chi connectivity index (χ0v) is 17.5. The number of carbonyl (C=O) groups excluding carboxylic acids is 1. The molecule has 0 saturated carbocycles. The van der Waals surface area contributed by atoms with E-state index in [1.807, 2.05) is 66.7 Å². The van der Waals surface area contributed by atoms with Gasteiger partial charge in [0.05, 0.1) is 6.21 Å². The molecule has 6 heteroatoms. The lowest BCUT2D eigenvalue weighted by Gasteiger charge is -2.12. The molecular formula is C23H21BrN2O3. The van der Waals surface area contributed by atoms with E-state index < -0.39 is 6.10 Å². The van der Waals surface area contributed by atoms with Crippen molar-refractivity contribution in [2.75, 3.05) is 0 Å². The highest BCUT2D eigenvalue weighted by molar-refractivity contribution is 9.10. The summed E-state index contributed by atoms with van der Waals surface area (Å²) in [5, 5.41) is 3.99. The van der Waals surface area contributed by atoms with Gasteiger partial charge in [0.15, 0.2) is 6.10 Å². The van der Waals surface area contributed by atoms with Gasteiger partial charge < -0.3 is 9.47 Å². The van der Waals surface area contributed by atoms with Crippen LogP contribution in [0.4, 0.5) is 0 Å². The van der Waals surface area contributed by atoms with Gasteiger partial charge >= 0.3 is 0 Å². The van der Waals surface area contributed by atoms with Gasteiger partial charge in [-0.2, -0.15) is 5.10 Å². The third-order valence-corrected chi connectivity index (χ3v) is 4.54. The smallest absolute Gasteiger partial charge is 0.280 e. The maximum Gasteiger partial charge on any atom is 0.280 e. The van der Waals surface area contributed by atoms with Crippen LogP contribution < -0.4 is 14.9 Å².